The molecule has 0 aromatic rings. The molecule has 0 radical (unpaired) electrons. The third-order valence-electron chi connectivity index (χ3n) is 3.39. The second-order valence-corrected chi connectivity index (χ2v) is 5.37. The average molecular weight is 273 g/mol. The summed E-state index contributed by atoms with van der Waals surface area (Å²) in [5.41, 5.74) is 5.07. The van der Waals surface area contributed by atoms with E-state index in [1.165, 1.54) is 44.9 Å². The van der Waals surface area contributed by atoms with Crippen molar-refractivity contribution in [2.75, 3.05) is 0 Å². The Labute approximate surface area is 117 Å². The van der Waals surface area contributed by atoms with Crippen molar-refractivity contribution in [1.29, 1.82) is 0 Å². The van der Waals surface area contributed by atoms with Crippen molar-refractivity contribution >= 4 is 5.91 Å². The summed E-state index contributed by atoms with van der Waals surface area (Å²) >= 11 is 0. The molecule has 0 saturated carbocycles. The summed E-state index contributed by atoms with van der Waals surface area (Å²) in [6, 6.07) is 0. The Bertz CT molecular complexity index is 208. The molecule has 0 unspecified atom stereocenters. The first-order valence-corrected chi connectivity index (χ1v) is 7.77. The van der Waals surface area contributed by atoms with Gasteiger partial charge in [0.05, 0.1) is 0 Å². The summed E-state index contributed by atoms with van der Waals surface area (Å²) in [5.74, 6) is -0.186. The maximum atomic E-state index is 10.5. The van der Waals surface area contributed by atoms with E-state index in [2.05, 4.69) is 0 Å². The molecule has 0 aliphatic carbocycles. The lowest BCUT2D eigenvalue weighted by Crippen LogP contribution is -2.09. The van der Waals surface area contributed by atoms with E-state index in [0.717, 1.165) is 25.7 Å². The lowest BCUT2D eigenvalue weighted by molar-refractivity contribution is -0.118. The molecule has 0 aliphatic heterocycles. The largest absolute Gasteiger partial charge is 0.370 e. The highest BCUT2D eigenvalue weighted by Gasteiger charge is 1.97. The number of amides is 1. The number of primary amides is 1. The van der Waals surface area contributed by atoms with Crippen LogP contribution in [0.4, 0.5) is 0 Å². The summed E-state index contributed by atoms with van der Waals surface area (Å²) in [6.07, 6.45) is 12.8. The number of unbranched alkanes of at least 4 members (excludes halogenated alkanes) is 10. The minimum Gasteiger partial charge on any atom is -0.370 e. The molecule has 0 rings (SSSR count). The molecule has 4 N–H and O–H groups in total. The van der Waals surface area contributed by atoms with Gasteiger partial charge in [0.1, 0.15) is 0 Å². The van der Waals surface area contributed by atoms with Crippen LogP contribution in [-0.4, -0.2) is 22.4 Å². The highest BCUT2D eigenvalue weighted by Crippen LogP contribution is 2.12. The summed E-state index contributed by atoms with van der Waals surface area (Å²) in [5, 5.41) is 17.3. The highest BCUT2D eigenvalue weighted by atomic mass is 16.5. The molecule has 0 atom stereocenters. The van der Waals surface area contributed by atoms with Gasteiger partial charge < -0.3 is 15.9 Å². The van der Waals surface area contributed by atoms with Crippen LogP contribution >= 0.6 is 0 Å². The maximum Gasteiger partial charge on any atom is 0.217 e. The van der Waals surface area contributed by atoms with Crippen molar-refractivity contribution in [1.82, 2.24) is 0 Å². The zero-order valence-electron chi connectivity index (χ0n) is 12.1. The van der Waals surface area contributed by atoms with Crippen LogP contribution < -0.4 is 5.73 Å². The van der Waals surface area contributed by atoms with Crippen LogP contribution in [0.25, 0.3) is 0 Å². The predicted octanol–water partition coefficient (Wildman–Crippen LogP) is 2.85. The van der Waals surface area contributed by atoms with Gasteiger partial charge in [-0.1, -0.05) is 57.8 Å². The Kier molecular flexibility index (Phi) is 13.4. The maximum absolute atomic E-state index is 10.5. The van der Waals surface area contributed by atoms with E-state index in [1.54, 1.807) is 0 Å². The van der Waals surface area contributed by atoms with Gasteiger partial charge in [0.2, 0.25) is 5.91 Å². The van der Waals surface area contributed by atoms with Crippen molar-refractivity contribution in [3.8, 4) is 0 Å². The first-order chi connectivity index (χ1) is 9.13. The Morgan fingerprint density at radius 3 is 1.47 bits per heavy atom. The van der Waals surface area contributed by atoms with Crippen LogP contribution in [0.5, 0.6) is 0 Å². The number of hydrogen-bond acceptors (Lipinski definition) is 3. The van der Waals surface area contributed by atoms with Crippen LogP contribution in [0.3, 0.4) is 0 Å². The van der Waals surface area contributed by atoms with Crippen LogP contribution in [0, 0.1) is 0 Å². The molecule has 0 heterocycles. The lowest BCUT2D eigenvalue weighted by atomic mass is 10.0. The van der Waals surface area contributed by atoms with Crippen LogP contribution in [0.1, 0.15) is 83.5 Å². The van der Waals surface area contributed by atoms with Gasteiger partial charge >= 0.3 is 0 Å². The van der Waals surface area contributed by atoms with Crippen LogP contribution in [0.2, 0.25) is 0 Å². The van der Waals surface area contributed by atoms with Gasteiger partial charge in [0.15, 0.2) is 6.29 Å². The van der Waals surface area contributed by atoms with Gasteiger partial charge in [-0.05, 0) is 19.3 Å². The van der Waals surface area contributed by atoms with Gasteiger partial charge in [-0.15, -0.1) is 0 Å². The molecule has 19 heavy (non-hydrogen) atoms. The summed E-state index contributed by atoms with van der Waals surface area (Å²) in [6.45, 7) is 0. The van der Waals surface area contributed by atoms with Gasteiger partial charge in [0, 0.05) is 6.42 Å². The molecule has 0 aromatic carbocycles. The molecule has 0 saturated heterocycles. The number of aliphatic hydroxyl groups is 2. The molecule has 0 aliphatic rings. The van der Waals surface area contributed by atoms with Gasteiger partial charge in [0.25, 0.3) is 0 Å². The smallest absolute Gasteiger partial charge is 0.217 e. The number of nitrogens with two attached hydrogens (primary N) is 1. The number of carbonyl (C=O) groups is 1. The quantitative estimate of drug-likeness (QED) is 0.336. The van der Waals surface area contributed by atoms with Crippen LogP contribution in [-0.2, 0) is 4.79 Å². The Morgan fingerprint density at radius 2 is 1.11 bits per heavy atom. The molecule has 0 spiro atoms. The van der Waals surface area contributed by atoms with E-state index in [4.69, 9.17) is 15.9 Å². The molecule has 0 bridgehead atoms. The topological polar surface area (TPSA) is 83.6 Å². The van der Waals surface area contributed by atoms with E-state index < -0.39 is 6.29 Å². The van der Waals surface area contributed by atoms with E-state index in [0.29, 0.717) is 12.8 Å². The predicted molar refractivity (Wildman–Crippen MR) is 77.4 cm³/mol. The minimum absolute atomic E-state index is 0.186. The molecule has 1 amide bonds. The zero-order chi connectivity index (χ0) is 14.3. The minimum atomic E-state index is -1.13. The van der Waals surface area contributed by atoms with Crippen molar-refractivity contribution in [2.45, 2.75) is 89.8 Å². The number of hydrogen-bond donors (Lipinski definition) is 3. The number of aliphatic hydroxyl groups excluding tert-OH is 1. The second-order valence-electron chi connectivity index (χ2n) is 5.37. The Morgan fingerprint density at radius 1 is 0.737 bits per heavy atom. The molecule has 4 nitrogen and oxygen atoms in total. The number of carbonyl (C=O) groups excluding carboxylic acids is 1. The molecular weight excluding hydrogens is 242 g/mol. The van der Waals surface area contributed by atoms with Crippen molar-refractivity contribution < 1.29 is 15.0 Å². The normalized spacial score (nSPS) is 11.1. The average Bonchev–Trinajstić information content (AvgIpc) is 2.34. The Hall–Kier alpha value is -0.610. The molecule has 4 heteroatoms. The summed E-state index contributed by atoms with van der Waals surface area (Å²) < 4.78 is 0. The van der Waals surface area contributed by atoms with E-state index in [-0.39, 0.29) is 5.91 Å². The van der Waals surface area contributed by atoms with E-state index in [9.17, 15) is 4.79 Å². The second kappa shape index (κ2) is 13.8. The monoisotopic (exact) mass is 273 g/mol. The van der Waals surface area contributed by atoms with Crippen molar-refractivity contribution in [3.05, 3.63) is 0 Å². The third kappa shape index (κ3) is 17.4. The standard InChI is InChI=1S/C15H31NO3/c16-14(17)12-10-8-6-4-2-1-3-5-7-9-11-13-15(18)19/h15,18-19H,1-13H2,(H2,16,17). The summed E-state index contributed by atoms with van der Waals surface area (Å²) in [4.78, 5) is 10.5. The first-order valence-electron chi connectivity index (χ1n) is 7.77. The molecular formula is C15H31NO3. The van der Waals surface area contributed by atoms with Crippen molar-refractivity contribution in [2.24, 2.45) is 5.73 Å². The van der Waals surface area contributed by atoms with E-state index >= 15 is 0 Å². The lowest BCUT2D eigenvalue weighted by Gasteiger charge is -2.04. The van der Waals surface area contributed by atoms with Gasteiger partial charge in [-0.3, -0.25) is 4.79 Å². The summed E-state index contributed by atoms with van der Waals surface area (Å²) in [7, 11) is 0. The Balaban J connectivity index is 2.97. The SMILES string of the molecule is NC(=O)CCCCCCCCCCCCCC(O)O. The van der Waals surface area contributed by atoms with E-state index in [1.807, 2.05) is 0 Å². The molecule has 0 fully saturated rings. The van der Waals surface area contributed by atoms with Gasteiger partial charge in [-0.2, -0.15) is 0 Å². The van der Waals surface area contributed by atoms with Gasteiger partial charge in [-0.25, -0.2) is 0 Å². The van der Waals surface area contributed by atoms with Crippen LogP contribution in [0.15, 0.2) is 0 Å². The third-order valence-corrected chi connectivity index (χ3v) is 3.39. The number of rotatable bonds is 14. The zero-order valence-corrected chi connectivity index (χ0v) is 12.1. The highest BCUT2D eigenvalue weighted by molar-refractivity contribution is 5.73. The molecule has 0 aromatic heterocycles. The fraction of sp³-hybridized carbons (Fsp3) is 0.933. The first kappa shape index (κ1) is 18.4. The fourth-order valence-corrected chi connectivity index (χ4v) is 2.22. The molecule has 114 valence electrons. The fourth-order valence-electron chi connectivity index (χ4n) is 2.22. The van der Waals surface area contributed by atoms with Crippen molar-refractivity contribution in [3.63, 3.8) is 0 Å².